The zero-order valence-electron chi connectivity index (χ0n) is 15.6. The van der Waals surface area contributed by atoms with Gasteiger partial charge in [-0.3, -0.25) is 9.36 Å². The van der Waals surface area contributed by atoms with Crippen LogP contribution in [0.4, 0.5) is 5.95 Å². The van der Waals surface area contributed by atoms with Gasteiger partial charge >= 0.3 is 0 Å². The van der Waals surface area contributed by atoms with Gasteiger partial charge in [0.15, 0.2) is 0 Å². The Bertz CT molecular complexity index is 949. The van der Waals surface area contributed by atoms with E-state index in [2.05, 4.69) is 68.2 Å². The number of piperazine rings is 1. The molecule has 0 N–H and O–H groups in total. The molecule has 0 atom stereocenters. The van der Waals surface area contributed by atoms with Crippen LogP contribution in [-0.2, 0) is 0 Å². The quantitative estimate of drug-likeness (QED) is 0.499. The fourth-order valence-corrected chi connectivity index (χ4v) is 3.97. The molecule has 1 fully saturated rings. The number of hydrogen-bond acceptors (Lipinski definition) is 3. The second kappa shape index (κ2) is 8.96. The molecule has 0 bridgehead atoms. The second-order valence-electron chi connectivity index (χ2n) is 6.69. The predicted molar refractivity (Wildman–Crippen MR) is 123 cm³/mol. The van der Waals surface area contributed by atoms with Crippen LogP contribution in [0.1, 0.15) is 15.9 Å². The summed E-state index contributed by atoms with van der Waals surface area (Å²) in [4.78, 5) is 21.6. The van der Waals surface area contributed by atoms with Gasteiger partial charge in [0.05, 0.1) is 5.56 Å². The number of aromatic nitrogens is 2. The molecule has 0 aliphatic carbocycles. The van der Waals surface area contributed by atoms with Crippen molar-refractivity contribution in [3.63, 3.8) is 0 Å². The van der Waals surface area contributed by atoms with Gasteiger partial charge in [-0.1, -0.05) is 29.8 Å². The first kappa shape index (κ1) is 20.7. The van der Waals surface area contributed by atoms with Crippen LogP contribution in [0.2, 0.25) is 0 Å². The van der Waals surface area contributed by atoms with Crippen molar-refractivity contribution in [3.8, 4) is 5.69 Å². The molecule has 1 aliphatic rings. The molecule has 1 saturated heterocycles. The van der Waals surface area contributed by atoms with Crippen molar-refractivity contribution in [2.24, 2.45) is 0 Å². The monoisotopic (exact) mass is 508 g/mol. The third-order valence-corrected chi connectivity index (χ3v) is 5.83. The highest BCUT2D eigenvalue weighted by atomic mass is 127. The minimum absolute atomic E-state index is 0. The minimum atomic E-state index is 0. The van der Waals surface area contributed by atoms with Gasteiger partial charge in [0, 0.05) is 47.8 Å². The predicted octanol–water partition coefficient (Wildman–Crippen LogP) is 4.17. The Morgan fingerprint density at radius 1 is 1.00 bits per heavy atom. The maximum Gasteiger partial charge on any atom is 0.255 e. The van der Waals surface area contributed by atoms with Gasteiger partial charge in [-0.25, -0.2) is 4.98 Å². The Balaban J connectivity index is 0.00000225. The number of carbonyl (C=O) groups excluding carboxylic acids is 1. The molecule has 5 nitrogen and oxygen atoms in total. The van der Waals surface area contributed by atoms with E-state index >= 15 is 0 Å². The van der Waals surface area contributed by atoms with Gasteiger partial charge in [0.25, 0.3) is 5.91 Å². The molecular weight excluding hydrogens is 487 g/mol. The lowest BCUT2D eigenvalue weighted by molar-refractivity contribution is 0.0745. The molecule has 0 radical (unpaired) electrons. The molecular formula is C21H22ClIN4O. The zero-order chi connectivity index (χ0) is 18.8. The molecule has 0 saturated carbocycles. The highest BCUT2D eigenvalue weighted by molar-refractivity contribution is 14.1. The van der Waals surface area contributed by atoms with E-state index in [0.717, 1.165) is 33.9 Å². The van der Waals surface area contributed by atoms with Gasteiger partial charge in [-0.05, 0) is 53.8 Å². The molecule has 1 aromatic heterocycles. The number of benzene rings is 2. The molecule has 3 aromatic rings. The summed E-state index contributed by atoms with van der Waals surface area (Å²) >= 11 is 2.23. The van der Waals surface area contributed by atoms with E-state index in [1.165, 1.54) is 5.56 Å². The van der Waals surface area contributed by atoms with Crippen LogP contribution in [0.25, 0.3) is 5.69 Å². The highest BCUT2D eigenvalue weighted by Crippen LogP contribution is 2.21. The first-order chi connectivity index (χ1) is 13.1. The van der Waals surface area contributed by atoms with Crippen molar-refractivity contribution in [1.82, 2.24) is 14.5 Å². The van der Waals surface area contributed by atoms with Crippen LogP contribution >= 0.6 is 35.0 Å². The van der Waals surface area contributed by atoms with Crippen molar-refractivity contribution in [2.75, 3.05) is 31.1 Å². The van der Waals surface area contributed by atoms with Crippen LogP contribution < -0.4 is 4.90 Å². The number of carbonyl (C=O) groups is 1. The second-order valence-corrected chi connectivity index (χ2v) is 7.85. The van der Waals surface area contributed by atoms with Crippen LogP contribution in [0, 0.1) is 10.5 Å². The van der Waals surface area contributed by atoms with Gasteiger partial charge in [0.2, 0.25) is 5.95 Å². The van der Waals surface area contributed by atoms with Crippen molar-refractivity contribution in [3.05, 3.63) is 75.6 Å². The number of halogens is 2. The smallest absolute Gasteiger partial charge is 0.255 e. The van der Waals surface area contributed by atoms with Crippen LogP contribution in [0.3, 0.4) is 0 Å². The van der Waals surface area contributed by atoms with Crippen molar-refractivity contribution in [1.29, 1.82) is 0 Å². The summed E-state index contributed by atoms with van der Waals surface area (Å²) < 4.78 is 3.11. The van der Waals surface area contributed by atoms with Crippen molar-refractivity contribution < 1.29 is 4.79 Å². The van der Waals surface area contributed by atoms with E-state index in [0.29, 0.717) is 13.1 Å². The number of amides is 1. The van der Waals surface area contributed by atoms with E-state index in [9.17, 15) is 4.79 Å². The number of hydrogen-bond donors (Lipinski definition) is 0. The van der Waals surface area contributed by atoms with Crippen LogP contribution in [0.5, 0.6) is 0 Å². The molecule has 146 valence electrons. The average Bonchev–Trinajstić information content (AvgIpc) is 3.18. The maximum absolute atomic E-state index is 12.8. The van der Waals surface area contributed by atoms with E-state index in [1.807, 2.05) is 41.6 Å². The Kier molecular flexibility index (Phi) is 6.61. The zero-order valence-corrected chi connectivity index (χ0v) is 18.6. The summed E-state index contributed by atoms with van der Waals surface area (Å²) in [6.45, 7) is 5.04. The molecule has 28 heavy (non-hydrogen) atoms. The minimum Gasteiger partial charge on any atom is -0.338 e. The lowest BCUT2D eigenvalue weighted by Crippen LogP contribution is -2.49. The maximum atomic E-state index is 12.8. The SMILES string of the molecule is Cc1ccc(-n2ccnc2N2CCN(C(=O)c3ccccc3I)CC2)cc1.Cl. The van der Waals surface area contributed by atoms with Gasteiger partial charge in [0.1, 0.15) is 0 Å². The highest BCUT2D eigenvalue weighted by Gasteiger charge is 2.25. The lowest BCUT2D eigenvalue weighted by atomic mass is 10.2. The summed E-state index contributed by atoms with van der Waals surface area (Å²) in [6.07, 6.45) is 3.82. The van der Waals surface area contributed by atoms with Crippen LogP contribution in [-0.4, -0.2) is 46.5 Å². The van der Waals surface area contributed by atoms with E-state index in [1.54, 1.807) is 0 Å². The first-order valence-corrected chi connectivity index (χ1v) is 10.1. The average molecular weight is 509 g/mol. The van der Waals surface area contributed by atoms with Crippen molar-refractivity contribution >= 4 is 46.9 Å². The summed E-state index contributed by atoms with van der Waals surface area (Å²) in [5.74, 6) is 1.04. The summed E-state index contributed by atoms with van der Waals surface area (Å²) in [5.41, 5.74) is 3.13. The Labute approximate surface area is 184 Å². The fraction of sp³-hybridized carbons (Fsp3) is 0.238. The van der Waals surface area contributed by atoms with Crippen molar-refractivity contribution in [2.45, 2.75) is 6.92 Å². The summed E-state index contributed by atoms with van der Waals surface area (Å²) in [6, 6.07) is 16.2. The fourth-order valence-electron chi connectivity index (χ4n) is 3.35. The Morgan fingerprint density at radius 3 is 2.36 bits per heavy atom. The molecule has 1 aliphatic heterocycles. The van der Waals surface area contributed by atoms with E-state index in [4.69, 9.17) is 0 Å². The third kappa shape index (κ3) is 4.17. The van der Waals surface area contributed by atoms with E-state index < -0.39 is 0 Å². The normalized spacial score (nSPS) is 13.9. The standard InChI is InChI=1S/C21H21IN4O.ClH/c1-16-6-8-17(9-7-16)26-11-10-23-21(26)25-14-12-24(13-15-25)20(27)18-4-2-3-5-19(18)22;/h2-11H,12-15H2,1H3;1H. The van der Waals surface area contributed by atoms with E-state index in [-0.39, 0.29) is 18.3 Å². The number of anilines is 1. The molecule has 4 rings (SSSR count). The van der Waals surface area contributed by atoms with Gasteiger partial charge < -0.3 is 9.80 Å². The van der Waals surface area contributed by atoms with Gasteiger partial charge in [-0.2, -0.15) is 0 Å². The number of nitrogens with zero attached hydrogens (tertiary/aromatic N) is 4. The Morgan fingerprint density at radius 2 is 1.68 bits per heavy atom. The largest absolute Gasteiger partial charge is 0.338 e. The lowest BCUT2D eigenvalue weighted by Gasteiger charge is -2.35. The number of aryl methyl sites for hydroxylation is 1. The number of rotatable bonds is 3. The molecule has 0 unspecified atom stereocenters. The van der Waals surface area contributed by atoms with Gasteiger partial charge in [-0.15, -0.1) is 12.4 Å². The third-order valence-electron chi connectivity index (χ3n) is 4.89. The molecule has 0 spiro atoms. The molecule has 2 aromatic carbocycles. The van der Waals surface area contributed by atoms with Crippen LogP contribution in [0.15, 0.2) is 60.9 Å². The summed E-state index contributed by atoms with van der Waals surface area (Å²) in [5, 5.41) is 0. The number of imidazole rings is 1. The Hall–Kier alpha value is -2.06. The molecule has 7 heteroatoms. The molecule has 2 heterocycles. The first-order valence-electron chi connectivity index (χ1n) is 9.02. The topological polar surface area (TPSA) is 41.4 Å². The summed E-state index contributed by atoms with van der Waals surface area (Å²) in [7, 11) is 0. The molecule has 1 amide bonds.